The van der Waals surface area contributed by atoms with Gasteiger partial charge in [-0.1, -0.05) is 13.0 Å². The molecule has 1 aromatic carbocycles. The molecule has 0 bridgehead atoms. The van der Waals surface area contributed by atoms with Crippen LogP contribution in [0.25, 0.3) is 0 Å². The highest BCUT2D eigenvalue weighted by atomic mass is 16.5. The molecule has 0 aliphatic rings. The Kier molecular flexibility index (Phi) is 5.93. The first kappa shape index (κ1) is 15.1. The molecule has 1 atom stereocenters. The average molecular weight is 264 g/mol. The van der Waals surface area contributed by atoms with Crippen LogP contribution in [0.3, 0.4) is 0 Å². The summed E-state index contributed by atoms with van der Waals surface area (Å²) in [6.07, 6.45) is 3.99. The summed E-state index contributed by atoms with van der Waals surface area (Å²) in [4.78, 5) is 11.0. The molecule has 4 nitrogen and oxygen atoms in total. The van der Waals surface area contributed by atoms with Crippen molar-refractivity contribution in [3.05, 3.63) is 35.9 Å². The van der Waals surface area contributed by atoms with Gasteiger partial charge in [0.25, 0.3) is 0 Å². The standard InChI is InChI=1S/C15H20O4/c1-11(6-5-7-15(16)19-4)12-8-13(17-2)10-14(9-12)18-3/h5,7-11H,6H2,1-4H3. The highest BCUT2D eigenvalue weighted by Gasteiger charge is 2.08. The van der Waals surface area contributed by atoms with Gasteiger partial charge in [0, 0.05) is 12.1 Å². The minimum Gasteiger partial charge on any atom is -0.497 e. The molecule has 0 saturated carbocycles. The van der Waals surface area contributed by atoms with Crippen molar-refractivity contribution >= 4 is 5.97 Å². The van der Waals surface area contributed by atoms with Crippen LogP contribution in [0.5, 0.6) is 11.5 Å². The normalized spacial score (nSPS) is 12.2. The van der Waals surface area contributed by atoms with Crippen LogP contribution in [0.15, 0.2) is 30.4 Å². The first-order valence-electron chi connectivity index (χ1n) is 6.08. The lowest BCUT2D eigenvalue weighted by Gasteiger charge is -2.13. The first-order valence-corrected chi connectivity index (χ1v) is 6.08. The van der Waals surface area contributed by atoms with Crippen molar-refractivity contribution in [3.8, 4) is 11.5 Å². The number of hydrogen-bond acceptors (Lipinski definition) is 4. The van der Waals surface area contributed by atoms with E-state index in [1.165, 1.54) is 13.2 Å². The van der Waals surface area contributed by atoms with E-state index in [9.17, 15) is 4.79 Å². The zero-order chi connectivity index (χ0) is 14.3. The monoisotopic (exact) mass is 264 g/mol. The predicted molar refractivity (Wildman–Crippen MR) is 73.7 cm³/mol. The van der Waals surface area contributed by atoms with E-state index in [1.807, 2.05) is 24.3 Å². The topological polar surface area (TPSA) is 44.8 Å². The van der Waals surface area contributed by atoms with Gasteiger partial charge in [-0.15, -0.1) is 0 Å². The van der Waals surface area contributed by atoms with E-state index >= 15 is 0 Å². The van der Waals surface area contributed by atoms with Crippen LogP contribution in [-0.4, -0.2) is 27.3 Å². The van der Waals surface area contributed by atoms with E-state index < -0.39 is 0 Å². The van der Waals surface area contributed by atoms with Crippen molar-refractivity contribution in [3.63, 3.8) is 0 Å². The molecule has 0 aromatic heterocycles. The highest BCUT2D eigenvalue weighted by molar-refractivity contribution is 5.81. The van der Waals surface area contributed by atoms with Crippen LogP contribution in [0.4, 0.5) is 0 Å². The van der Waals surface area contributed by atoms with Crippen molar-refractivity contribution < 1.29 is 19.0 Å². The van der Waals surface area contributed by atoms with Crippen LogP contribution in [-0.2, 0) is 9.53 Å². The Morgan fingerprint density at radius 2 is 1.74 bits per heavy atom. The quantitative estimate of drug-likeness (QED) is 0.585. The predicted octanol–water partition coefficient (Wildman–Crippen LogP) is 2.93. The number of esters is 1. The second-order valence-corrected chi connectivity index (χ2v) is 4.21. The van der Waals surface area contributed by atoms with Crippen molar-refractivity contribution in [1.29, 1.82) is 0 Å². The third-order valence-corrected chi connectivity index (χ3v) is 2.89. The molecule has 1 unspecified atom stereocenters. The fraction of sp³-hybridized carbons (Fsp3) is 0.400. The van der Waals surface area contributed by atoms with Gasteiger partial charge in [-0.05, 0) is 30.0 Å². The zero-order valence-corrected chi connectivity index (χ0v) is 11.8. The number of allylic oxidation sites excluding steroid dienone is 1. The lowest BCUT2D eigenvalue weighted by atomic mass is 9.97. The molecule has 1 aromatic rings. The largest absolute Gasteiger partial charge is 0.497 e. The van der Waals surface area contributed by atoms with Gasteiger partial charge in [-0.25, -0.2) is 4.79 Å². The van der Waals surface area contributed by atoms with Gasteiger partial charge < -0.3 is 14.2 Å². The van der Waals surface area contributed by atoms with E-state index in [1.54, 1.807) is 14.2 Å². The second kappa shape index (κ2) is 7.46. The maximum absolute atomic E-state index is 11.0. The number of rotatable bonds is 6. The van der Waals surface area contributed by atoms with E-state index in [4.69, 9.17) is 9.47 Å². The van der Waals surface area contributed by atoms with E-state index in [0.29, 0.717) is 0 Å². The minimum atomic E-state index is -0.338. The summed E-state index contributed by atoms with van der Waals surface area (Å²) in [6, 6.07) is 5.78. The molecule has 0 aliphatic carbocycles. The molecular weight excluding hydrogens is 244 g/mol. The number of carbonyl (C=O) groups excluding carboxylic acids is 1. The van der Waals surface area contributed by atoms with Crippen LogP contribution in [0, 0.1) is 0 Å². The summed E-state index contributed by atoms with van der Waals surface area (Å²) in [5, 5.41) is 0. The summed E-state index contributed by atoms with van der Waals surface area (Å²) in [5.74, 6) is 1.44. The van der Waals surface area contributed by atoms with E-state index in [0.717, 1.165) is 23.5 Å². The van der Waals surface area contributed by atoms with Gasteiger partial charge in [0.05, 0.1) is 21.3 Å². The molecule has 0 heterocycles. The molecule has 0 radical (unpaired) electrons. The number of benzene rings is 1. The van der Waals surface area contributed by atoms with Crippen LogP contribution < -0.4 is 9.47 Å². The Morgan fingerprint density at radius 3 is 2.21 bits per heavy atom. The summed E-state index contributed by atoms with van der Waals surface area (Å²) in [6.45, 7) is 2.08. The lowest BCUT2D eigenvalue weighted by Crippen LogP contribution is -1.97. The SMILES string of the molecule is COC(=O)C=CCC(C)c1cc(OC)cc(OC)c1. The van der Waals surface area contributed by atoms with Crippen molar-refractivity contribution in [2.45, 2.75) is 19.3 Å². The van der Waals surface area contributed by atoms with E-state index in [-0.39, 0.29) is 11.9 Å². The number of carbonyl (C=O) groups is 1. The third-order valence-electron chi connectivity index (χ3n) is 2.89. The van der Waals surface area contributed by atoms with E-state index in [2.05, 4.69) is 11.7 Å². The van der Waals surface area contributed by atoms with Crippen LogP contribution in [0.2, 0.25) is 0 Å². The molecule has 1 rings (SSSR count). The molecule has 19 heavy (non-hydrogen) atoms. The minimum absolute atomic E-state index is 0.255. The fourth-order valence-electron chi connectivity index (χ4n) is 1.69. The van der Waals surface area contributed by atoms with Gasteiger partial charge in [0.2, 0.25) is 0 Å². The first-order chi connectivity index (χ1) is 9.10. The lowest BCUT2D eigenvalue weighted by molar-refractivity contribution is -0.134. The molecule has 0 N–H and O–H groups in total. The van der Waals surface area contributed by atoms with Gasteiger partial charge in [-0.2, -0.15) is 0 Å². The third kappa shape index (κ3) is 4.66. The molecule has 0 fully saturated rings. The Bertz CT molecular complexity index is 429. The van der Waals surface area contributed by atoms with Gasteiger partial charge in [0.15, 0.2) is 0 Å². The smallest absolute Gasteiger partial charge is 0.330 e. The average Bonchev–Trinajstić information content (AvgIpc) is 2.46. The molecule has 0 amide bonds. The number of ether oxygens (including phenoxy) is 3. The molecule has 4 heteroatoms. The summed E-state index contributed by atoms with van der Waals surface area (Å²) >= 11 is 0. The number of methoxy groups -OCH3 is 3. The zero-order valence-electron chi connectivity index (χ0n) is 11.8. The maximum atomic E-state index is 11.0. The van der Waals surface area contributed by atoms with Gasteiger partial charge >= 0.3 is 5.97 Å². The highest BCUT2D eigenvalue weighted by Crippen LogP contribution is 2.29. The second-order valence-electron chi connectivity index (χ2n) is 4.21. The number of hydrogen-bond donors (Lipinski definition) is 0. The van der Waals surface area contributed by atoms with Crippen molar-refractivity contribution in [2.75, 3.05) is 21.3 Å². The van der Waals surface area contributed by atoms with Crippen molar-refractivity contribution in [2.24, 2.45) is 0 Å². The molecule has 0 spiro atoms. The van der Waals surface area contributed by atoms with Crippen LogP contribution >= 0.6 is 0 Å². The summed E-state index contributed by atoms with van der Waals surface area (Å²) in [5.41, 5.74) is 1.10. The molecular formula is C15H20O4. The van der Waals surface area contributed by atoms with Crippen molar-refractivity contribution in [1.82, 2.24) is 0 Å². The Hall–Kier alpha value is -1.97. The molecule has 0 saturated heterocycles. The van der Waals surface area contributed by atoms with Crippen LogP contribution in [0.1, 0.15) is 24.8 Å². The molecule has 104 valence electrons. The van der Waals surface area contributed by atoms with Gasteiger partial charge in [-0.3, -0.25) is 0 Å². The Labute approximate surface area is 114 Å². The molecule has 0 aliphatic heterocycles. The van der Waals surface area contributed by atoms with Gasteiger partial charge in [0.1, 0.15) is 11.5 Å². The maximum Gasteiger partial charge on any atom is 0.330 e. The summed E-state index contributed by atoms with van der Waals surface area (Å²) < 4.78 is 15.0. The summed E-state index contributed by atoms with van der Waals surface area (Å²) in [7, 11) is 4.61. The fourth-order valence-corrected chi connectivity index (χ4v) is 1.69. The Morgan fingerprint density at radius 1 is 1.16 bits per heavy atom. The Balaban J connectivity index is 2.78.